The first kappa shape index (κ1) is 12.6. The average Bonchev–Trinajstić information content (AvgIpc) is 2.39. The Morgan fingerprint density at radius 1 is 1.22 bits per heavy atom. The molecular weight excluding hydrogens is 224 g/mol. The van der Waals surface area contributed by atoms with Crippen LogP contribution in [-0.2, 0) is 12.8 Å². The first-order valence-corrected chi connectivity index (χ1v) is 6.21. The van der Waals surface area contributed by atoms with Gasteiger partial charge in [0.2, 0.25) is 0 Å². The molecule has 2 rings (SSSR count). The van der Waals surface area contributed by atoms with Crippen LogP contribution in [0.4, 0.5) is 0 Å². The highest BCUT2D eigenvalue weighted by atomic mass is 14.9. The van der Waals surface area contributed by atoms with Crippen molar-refractivity contribution in [3.05, 3.63) is 41.9 Å². The zero-order valence-electron chi connectivity index (χ0n) is 10.8. The van der Waals surface area contributed by atoms with Crippen molar-refractivity contribution in [2.45, 2.75) is 32.7 Å². The number of hydrogen-bond acceptors (Lipinski definition) is 4. The van der Waals surface area contributed by atoms with Gasteiger partial charge in [0.1, 0.15) is 5.69 Å². The molecule has 4 nitrogen and oxygen atoms in total. The summed E-state index contributed by atoms with van der Waals surface area (Å²) in [6, 6.07) is 4.12. The minimum atomic E-state index is 0.125. The lowest BCUT2D eigenvalue weighted by Gasteiger charge is -2.07. The number of nitrogens with zero attached hydrogens (tertiary/aromatic N) is 3. The van der Waals surface area contributed by atoms with Gasteiger partial charge in [-0.2, -0.15) is 0 Å². The maximum Gasteiger partial charge on any atom is 0.178 e. The molecule has 0 aliphatic rings. The van der Waals surface area contributed by atoms with Gasteiger partial charge in [-0.1, -0.05) is 13.0 Å². The van der Waals surface area contributed by atoms with E-state index in [-0.39, 0.29) is 6.04 Å². The fourth-order valence-corrected chi connectivity index (χ4v) is 1.88. The van der Waals surface area contributed by atoms with E-state index in [1.165, 1.54) is 0 Å². The lowest BCUT2D eigenvalue weighted by Crippen LogP contribution is -2.18. The van der Waals surface area contributed by atoms with E-state index in [1.54, 1.807) is 6.20 Å². The van der Waals surface area contributed by atoms with E-state index in [9.17, 15) is 0 Å². The molecule has 0 spiro atoms. The lowest BCUT2D eigenvalue weighted by molar-refractivity contribution is 0.732. The van der Waals surface area contributed by atoms with Gasteiger partial charge in [-0.05, 0) is 37.0 Å². The summed E-state index contributed by atoms with van der Waals surface area (Å²) in [6.45, 7) is 4.08. The zero-order valence-corrected chi connectivity index (χ0v) is 10.8. The Bertz CT molecular complexity index is 505. The summed E-state index contributed by atoms with van der Waals surface area (Å²) in [4.78, 5) is 13.1. The van der Waals surface area contributed by atoms with E-state index >= 15 is 0 Å². The van der Waals surface area contributed by atoms with Crippen LogP contribution in [0.15, 0.2) is 30.7 Å². The molecule has 0 fully saturated rings. The van der Waals surface area contributed by atoms with Crippen molar-refractivity contribution in [3.8, 4) is 11.5 Å². The highest BCUT2D eigenvalue weighted by Gasteiger charge is 2.08. The lowest BCUT2D eigenvalue weighted by atomic mass is 10.1. The quantitative estimate of drug-likeness (QED) is 0.890. The van der Waals surface area contributed by atoms with E-state index in [4.69, 9.17) is 5.73 Å². The molecule has 0 bridgehead atoms. The molecule has 0 saturated heterocycles. The van der Waals surface area contributed by atoms with E-state index in [1.807, 2.05) is 25.4 Å². The molecule has 0 aliphatic carbocycles. The van der Waals surface area contributed by atoms with Gasteiger partial charge in [0, 0.05) is 24.6 Å². The van der Waals surface area contributed by atoms with Gasteiger partial charge in [-0.3, -0.25) is 4.98 Å². The number of nitrogens with two attached hydrogens (primary N) is 1. The minimum absolute atomic E-state index is 0.125. The number of pyridine rings is 1. The Balaban J connectivity index is 2.28. The van der Waals surface area contributed by atoms with Crippen LogP contribution < -0.4 is 5.73 Å². The van der Waals surface area contributed by atoms with Gasteiger partial charge < -0.3 is 5.73 Å². The SMILES string of the molecule is CCc1cccnc1-c1ncc(CC(C)N)cn1. The van der Waals surface area contributed by atoms with Crippen LogP contribution in [-0.4, -0.2) is 21.0 Å². The van der Waals surface area contributed by atoms with Crippen LogP contribution in [0.25, 0.3) is 11.5 Å². The van der Waals surface area contributed by atoms with Crippen molar-refractivity contribution in [2.75, 3.05) is 0 Å². The molecule has 18 heavy (non-hydrogen) atoms. The smallest absolute Gasteiger partial charge is 0.178 e. The summed E-state index contributed by atoms with van der Waals surface area (Å²) in [5.74, 6) is 0.681. The number of aromatic nitrogens is 3. The molecular formula is C14H18N4. The standard InChI is InChI=1S/C14H18N4/c1-3-12-5-4-6-16-13(12)14-17-8-11(9-18-14)7-10(2)15/h4-6,8-10H,3,7,15H2,1-2H3. The molecule has 1 unspecified atom stereocenters. The third kappa shape index (κ3) is 2.90. The van der Waals surface area contributed by atoms with Gasteiger partial charge >= 0.3 is 0 Å². The zero-order chi connectivity index (χ0) is 13.0. The molecule has 2 aromatic heterocycles. The fourth-order valence-electron chi connectivity index (χ4n) is 1.88. The average molecular weight is 242 g/mol. The number of rotatable bonds is 4. The number of aryl methyl sites for hydroxylation is 1. The Kier molecular flexibility index (Phi) is 3.99. The van der Waals surface area contributed by atoms with Crippen LogP contribution >= 0.6 is 0 Å². The molecule has 94 valence electrons. The molecule has 0 saturated carbocycles. The van der Waals surface area contributed by atoms with Crippen molar-refractivity contribution in [1.82, 2.24) is 15.0 Å². The van der Waals surface area contributed by atoms with Crippen LogP contribution in [0.5, 0.6) is 0 Å². The van der Waals surface area contributed by atoms with Gasteiger partial charge in [0.05, 0.1) is 0 Å². The van der Waals surface area contributed by atoms with Crippen LogP contribution in [0.2, 0.25) is 0 Å². The fraction of sp³-hybridized carbons (Fsp3) is 0.357. The molecule has 1 atom stereocenters. The topological polar surface area (TPSA) is 64.7 Å². The van der Waals surface area contributed by atoms with Crippen molar-refractivity contribution < 1.29 is 0 Å². The largest absolute Gasteiger partial charge is 0.328 e. The molecule has 2 N–H and O–H groups in total. The predicted octanol–water partition coefficient (Wildman–Crippen LogP) is 1.99. The Morgan fingerprint density at radius 3 is 2.56 bits per heavy atom. The first-order chi connectivity index (χ1) is 8.70. The van der Waals surface area contributed by atoms with E-state index < -0.39 is 0 Å². The predicted molar refractivity (Wildman–Crippen MR) is 72.0 cm³/mol. The van der Waals surface area contributed by atoms with E-state index in [0.717, 1.165) is 29.7 Å². The summed E-state index contributed by atoms with van der Waals surface area (Å²) >= 11 is 0. The molecule has 0 radical (unpaired) electrons. The maximum absolute atomic E-state index is 5.75. The Morgan fingerprint density at radius 2 is 1.94 bits per heavy atom. The minimum Gasteiger partial charge on any atom is -0.328 e. The second kappa shape index (κ2) is 5.69. The van der Waals surface area contributed by atoms with Crippen LogP contribution in [0.1, 0.15) is 25.0 Å². The molecule has 2 aromatic rings. The summed E-state index contributed by atoms with van der Waals surface area (Å²) in [5.41, 5.74) is 8.84. The molecule has 0 aromatic carbocycles. The summed E-state index contributed by atoms with van der Waals surface area (Å²) in [7, 11) is 0. The molecule has 0 aliphatic heterocycles. The van der Waals surface area contributed by atoms with Gasteiger partial charge in [0.15, 0.2) is 5.82 Å². The molecule has 0 amide bonds. The molecule has 4 heteroatoms. The van der Waals surface area contributed by atoms with Gasteiger partial charge in [-0.15, -0.1) is 0 Å². The van der Waals surface area contributed by atoms with Crippen LogP contribution in [0, 0.1) is 0 Å². The van der Waals surface area contributed by atoms with E-state index in [2.05, 4.69) is 27.9 Å². The third-order valence-electron chi connectivity index (χ3n) is 2.75. The van der Waals surface area contributed by atoms with Crippen molar-refractivity contribution in [2.24, 2.45) is 5.73 Å². The Hall–Kier alpha value is -1.81. The second-order valence-electron chi connectivity index (χ2n) is 4.46. The highest BCUT2D eigenvalue weighted by molar-refractivity contribution is 5.54. The normalized spacial score (nSPS) is 12.4. The summed E-state index contributed by atoms with van der Waals surface area (Å²) in [5, 5.41) is 0. The van der Waals surface area contributed by atoms with Crippen LogP contribution in [0.3, 0.4) is 0 Å². The first-order valence-electron chi connectivity index (χ1n) is 6.21. The summed E-state index contributed by atoms with van der Waals surface area (Å²) < 4.78 is 0. The van der Waals surface area contributed by atoms with Crippen molar-refractivity contribution >= 4 is 0 Å². The van der Waals surface area contributed by atoms with Gasteiger partial charge in [-0.25, -0.2) is 9.97 Å². The van der Waals surface area contributed by atoms with E-state index in [0.29, 0.717) is 5.82 Å². The summed E-state index contributed by atoms with van der Waals surface area (Å²) in [6.07, 6.45) is 7.16. The molecule has 2 heterocycles. The second-order valence-corrected chi connectivity index (χ2v) is 4.46. The monoisotopic (exact) mass is 242 g/mol. The van der Waals surface area contributed by atoms with Crippen molar-refractivity contribution in [1.29, 1.82) is 0 Å². The van der Waals surface area contributed by atoms with Crippen molar-refractivity contribution in [3.63, 3.8) is 0 Å². The highest BCUT2D eigenvalue weighted by Crippen LogP contribution is 2.17. The van der Waals surface area contributed by atoms with Gasteiger partial charge in [0.25, 0.3) is 0 Å². The third-order valence-corrected chi connectivity index (χ3v) is 2.75. The Labute approximate surface area is 107 Å². The number of hydrogen-bond donors (Lipinski definition) is 1. The maximum atomic E-state index is 5.75.